The largest absolute Gasteiger partial charge is 0.434 e. The van der Waals surface area contributed by atoms with E-state index in [1.165, 1.54) is 6.20 Å². The van der Waals surface area contributed by atoms with E-state index in [9.17, 15) is 4.57 Å². The zero-order chi connectivity index (χ0) is 14.3. The Labute approximate surface area is 122 Å². The summed E-state index contributed by atoms with van der Waals surface area (Å²) in [5.41, 5.74) is 0. The summed E-state index contributed by atoms with van der Waals surface area (Å²) in [7, 11) is -3.44. The third kappa shape index (κ3) is 5.84. The fourth-order valence-electron chi connectivity index (χ4n) is 1.18. The van der Waals surface area contributed by atoms with Gasteiger partial charge in [0, 0.05) is 11.2 Å². The van der Waals surface area contributed by atoms with Crippen molar-refractivity contribution < 1.29 is 13.6 Å². The molecular weight excluding hydrogens is 309 g/mol. The van der Waals surface area contributed by atoms with Crippen LogP contribution in [0.25, 0.3) is 0 Å². The topological polar surface area (TPSA) is 72.5 Å². The third-order valence-corrected chi connectivity index (χ3v) is 4.08. The van der Waals surface area contributed by atoms with Gasteiger partial charge in [0.2, 0.25) is 0 Å². The molecule has 0 unspecified atom stereocenters. The Bertz CT molecular complexity index is 479. The Balaban J connectivity index is 2.65. The molecule has 0 aromatic carbocycles. The second-order valence-corrected chi connectivity index (χ2v) is 5.84. The molecule has 0 radical (unpaired) electrons. The summed E-state index contributed by atoms with van der Waals surface area (Å²) in [4.78, 5) is 4.01. The van der Waals surface area contributed by atoms with Gasteiger partial charge in [0.15, 0.2) is 5.11 Å². The van der Waals surface area contributed by atoms with Crippen LogP contribution < -0.4 is 10.4 Å². The molecule has 0 atom stereocenters. The molecule has 19 heavy (non-hydrogen) atoms. The van der Waals surface area contributed by atoms with Crippen molar-refractivity contribution in [1.82, 2.24) is 10.1 Å². The van der Waals surface area contributed by atoms with Gasteiger partial charge in [-0.25, -0.2) is 9.55 Å². The average molecular weight is 324 g/mol. The maximum Gasteiger partial charge on any atom is 0.434 e. The molecule has 0 aliphatic heterocycles. The number of nitrogens with one attached hydrogen (secondary N) is 2. The number of nitrogens with zero attached hydrogens (tertiary/aromatic N) is 1. The molecule has 6 nitrogen and oxygen atoms in total. The van der Waals surface area contributed by atoms with Gasteiger partial charge < -0.3 is 5.32 Å². The molecule has 2 N–H and O–H groups in total. The summed E-state index contributed by atoms with van der Waals surface area (Å²) in [6.45, 7) is 3.90. The second kappa shape index (κ2) is 7.77. The lowest BCUT2D eigenvalue weighted by molar-refractivity contribution is 0.216. The first-order chi connectivity index (χ1) is 8.99. The molecule has 0 aliphatic rings. The molecule has 106 valence electrons. The van der Waals surface area contributed by atoms with E-state index in [2.05, 4.69) is 15.4 Å². The van der Waals surface area contributed by atoms with Gasteiger partial charge in [-0.2, -0.15) is 0 Å². The first-order valence-electron chi connectivity index (χ1n) is 5.59. The highest BCUT2D eigenvalue weighted by Crippen LogP contribution is 2.43. The molecule has 1 aromatic rings. The minimum absolute atomic E-state index is 0.0833. The van der Waals surface area contributed by atoms with Crippen molar-refractivity contribution in [3.05, 3.63) is 23.4 Å². The quantitative estimate of drug-likeness (QED) is 0.615. The number of pyridine rings is 1. The van der Waals surface area contributed by atoms with Crippen LogP contribution >= 0.6 is 31.6 Å². The van der Waals surface area contributed by atoms with Crippen molar-refractivity contribution >= 4 is 42.5 Å². The van der Waals surface area contributed by atoms with Gasteiger partial charge in [0.05, 0.1) is 13.2 Å². The van der Waals surface area contributed by atoms with E-state index in [1.54, 1.807) is 26.0 Å². The monoisotopic (exact) mass is 323 g/mol. The van der Waals surface area contributed by atoms with Crippen molar-refractivity contribution in [3.63, 3.8) is 0 Å². The lowest BCUT2D eigenvalue weighted by Gasteiger charge is -2.19. The van der Waals surface area contributed by atoms with Gasteiger partial charge >= 0.3 is 7.75 Å². The predicted octanol–water partition coefficient (Wildman–Crippen LogP) is 3.20. The number of thiocarbonyl (C=S) groups is 1. The fourth-order valence-corrected chi connectivity index (χ4v) is 2.97. The normalized spacial score (nSPS) is 11.1. The molecule has 1 aromatic heterocycles. The molecule has 0 saturated carbocycles. The molecular formula is C10H15ClN3O3PS. The molecule has 0 fully saturated rings. The maximum absolute atomic E-state index is 12.2. The van der Waals surface area contributed by atoms with Gasteiger partial charge in [-0.1, -0.05) is 11.6 Å². The molecule has 9 heteroatoms. The van der Waals surface area contributed by atoms with Crippen LogP contribution in [0.1, 0.15) is 13.8 Å². The van der Waals surface area contributed by atoms with Gasteiger partial charge in [-0.15, -0.1) is 0 Å². The van der Waals surface area contributed by atoms with E-state index in [4.69, 9.17) is 32.9 Å². The second-order valence-electron chi connectivity index (χ2n) is 3.26. The lowest BCUT2D eigenvalue weighted by atomic mass is 10.4. The Morgan fingerprint density at radius 2 is 2.11 bits per heavy atom. The van der Waals surface area contributed by atoms with Crippen LogP contribution in [0.15, 0.2) is 18.3 Å². The minimum atomic E-state index is -3.44. The summed E-state index contributed by atoms with van der Waals surface area (Å²) in [5, 5.41) is 5.85. The molecule has 0 amide bonds. The number of halogens is 1. The van der Waals surface area contributed by atoms with Crippen LogP contribution in [0.2, 0.25) is 5.02 Å². The fraction of sp³-hybridized carbons (Fsp3) is 0.400. The SMILES string of the molecule is CCOP(=O)(NC(=S)Nc1cc(Cl)ccn1)OCC. The van der Waals surface area contributed by atoms with E-state index < -0.39 is 7.75 Å². The van der Waals surface area contributed by atoms with Crippen molar-refractivity contribution in [2.75, 3.05) is 18.5 Å². The number of anilines is 1. The minimum Gasteiger partial charge on any atom is -0.317 e. The highest BCUT2D eigenvalue weighted by atomic mass is 35.5. The molecule has 1 rings (SSSR count). The molecule has 0 spiro atoms. The third-order valence-electron chi connectivity index (χ3n) is 1.80. The average Bonchev–Trinajstić information content (AvgIpc) is 2.28. The standard InChI is InChI=1S/C10H15ClN3O3PS/c1-3-16-18(15,17-4-2)14-10(19)13-9-7-8(11)5-6-12-9/h5-7H,3-4H2,1-2H3,(H2,12,13,14,15,19). The summed E-state index contributed by atoms with van der Waals surface area (Å²) in [6.07, 6.45) is 1.53. The maximum atomic E-state index is 12.2. The molecule has 0 aliphatic carbocycles. The van der Waals surface area contributed by atoms with Gasteiger partial charge in [0.25, 0.3) is 0 Å². The first kappa shape index (κ1) is 16.3. The highest BCUT2D eigenvalue weighted by molar-refractivity contribution is 7.81. The van der Waals surface area contributed by atoms with Crippen molar-refractivity contribution in [3.8, 4) is 0 Å². The lowest BCUT2D eigenvalue weighted by Crippen LogP contribution is -2.28. The Morgan fingerprint density at radius 3 is 2.63 bits per heavy atom. The number of aromatic nitrogens is 1. The molecule has 1 heterocycles. The van der Waals surface area contributed by atoms with E-state index in [0.717, 1.165) is 0 Å². The Hall–Kier alpha value is -0.720. The van der Waals surface area contributed by atoms with Crippen molar-refractivity contribution in [1.29, 1.82) is 0 Å². The van der Waals surface area contributed by atoms with Crippen LogP contribution in [0.3, 0.4) is 0 Å². The zero-order valence-electron chi connectivity index (χ0n) is 10.6. The van der Waals surface area contributed by atoms with Gasteiger partial charge in [-0.3, -0.25) is 14.1 Å². The van der Waals surface area contributed by atoms with Gasteiger partial charge in [-0.05, 0) is 38.2 Å². The van der Waals surface area contributed by atoms with Crippen LogP contribution in [0.5, 0.6) is 0 Å². The van der Waals surface area contributed by atoms with E-state index in [0.29, 0.717) is 10.8 Å². The Morgan fingerprint density at radius 1 is 1.47 bits per heavy atom. The smallest absolute Gasteiger partial charge is 0.317 e. The van der Waals surface area contributed by atoms with Crippen LogP contribution in [0, 0.1) is 0 Å². The summed E-state index contributed by atoms with van der Waals surface area (Å²) >= 11 is 10.8. The summed E-state index contributed by atoms with van der Waals surface area (Å²) in [5.74, 6) is 0.435. The van der Waals surface area contributed by atoms with Crippen LogP contribution in [-0.4, -0.2) is 23.3 Å². The first-order valence-corrected chi connectivity index (χ1v) is 7.92. The van der Waals surface area contributed by atoms with E-state index in [1.807, 2.05) is 0 Å². The number of rotatable bonds is 6. The zero-order valence-corrected chi connectivity index (χ0v) is 13.0. The van der Waals surface area contributed by atoms with E-state index >= 15 is 0 Å². The number of hydrogen-bond donors (Lipinski definition) is 2. The predicted molar refractivity (Wildman–Crippen MR) is 79.5 cm³/mol. The van der Waals surface area contributed by atoms with Gasteiger partial charge in [0.1, 0.15) is 5.82 Å². The Kier molecular flexibility index (Phi) is 6.68. The van der Waals surface area contributed by atoms with Crippen LogP contribution in [0.4, 0.5) is 5.82 Å². The van der Waals surface area contributed by atoms with Crippen molar-refractivity contribution in [2.45, 2.75) is 13.8 Å². The summed E-state index contributed by atoms with van der Waals surface area (Å²) < 4.78 is 22.3. The summed E-state index contributed by atoms with van der Waals surface area (Å²) in [6, 6.07) is 3.22. The highest BCUT2D eigenvalue weighted by Gasteiger charge is 2.24. The number of hydrogen-bond acceptors (Lipinski definition) is 5. The molecule has 0 saturated heterocycles. The van der Waals surface area contributed by atoms with Crippen molar-refractivity contribution in [2.24, 2.45) is 0 Å². The molecule has 0 bridgehead atoms. The van der Waals surface area contributed by atoms with E-state index in [-0.39, 0.29) is 18.3 Å². The van der Waals surface area contributed by atoms with Crippen LogP contribution in [-0.2, 0) is 13.6 Å².